The lowest BCUT2D eigenvalue weighted by atomic mass is 10.4. The Morgan fingerprint density at radius 3 is 3.00 bits per heavy atom. The Balaban J connectivity index is 1.56. The number of hydrogen-bond acceptors (Lipinski definition) is 5. The van der Waals surface area contributed by atoms with E-state index in [1.54, 1.807) is 16.7 Å². The third-order valence-electron chi connectivity index (χ3n) is 3.22. The van der Waals surface area contributed by atoms with Crippen molar-refractivity contribution in [2.75, 3.05) is 0 Å². The molecule has 0 spiro atoms. The van der Waals surface area contributed by atoms with Crippen molar-refractivity contribution < 1.29 is 0 Å². The first-order valence-electron chi connectivity index (χ1n) is 6.44. The largest absolute Gasteiger partial charge is 0.275 e. The van der Waals surface area contributed by atoms with Crippen LogP contribution in [0.5, 0.6) is 0 Å². The average Bonchev–Trinajstić information content (AvgIpc) is 3.05. The van der Waals surface area contributed by atoms with Crippen LogP contribution in [0.25, 0.3) is 5.65 Å². The van der Waals surface area contributed by atoms with Gasteiger partial charge in [0.1, 0.15) is 5.82 Å². The van der Waals surface area contributed by atoms with E-state index in [0.29, 0.717) is 27.4 Å². The molecule has 0 atom stereocenters. The number of halogens is 2. The van der Waals surface area contributed by atoms with E-state index in [1.165, 1.54) is 24.6 Å². The topological polar surface area (TPSA) is 71.8 Å². The van der Waals surface area contributed by atoms with Crippen LogP contribution in [0.2, 0.25) is 10.0 Å². The summed E-state index contributed by atoms with van der Waals surface area (Å²) >= 11 is 13.6. The van der Waals surface area contributed by atoms with E-state index >= 15 is 0 Å². The number of rotatable bonds is 4. The van der Waals surface area contributed by atoms with Crippen molar-refractivity contribution in [3.05, 3.63) is 34.0 Å². The van der Waals surface area contributed by atoms with Crippen LogP contribution in [0, 0.1) is 0 Å². The van der Waals surface area contributed by atoms with E-state index < -0.39 is 0 Å². The van der Waals surface area contributed by atoms with Gasteiger partial charge in [0, 0.05) is 12.1 Å². The van der Waals surface area contributed by atoms with E-state index in [0.717, 1.165) is 16.8 Å². The second-order valence-electron chi connectivity index (χ2n) is 4.89. The maximum Gasteiger partial charge on any atom is 0.196 e. The standard InChI is InChI=1S/C12H10Cl2N6S/c13-7-3-8(14)11-18-19-12(20(11)4-7)21-5-9-15-10(17-16-9)6-1-2-6/h3-4,6H,1-2,5H2,(H,15,16,17). The number of fused-ring (bicyclic) bond motifs is 1. The fourth-order valence-corrected chi connectivity index (χ4v) is 3.31. The van der Waals surface area contributed by atoms with Crippen molar-refractivity contribution in [3.63, 3.8) is 0 Å². The SMILES string of the molecule is Clc1cc(Cl)c2nnc(SCc3nc(C4CC4)n[nH]3)n2c1. The van der Waals surface area contributed by atoms with Gasteiger partial charge >= 0.3 is 0 Å². The summed E-state index contributed by atoms with van der Waals surface area (Å²) in [6.07, 6.45) is 4.13. The Bertz CT molecular complexity index is 809. The molecule has 21 heavy (non-hydrogen) atoms. The monoisotopic (exact) mass is 340 g/mol. The molecule has 0 bridgehead atoms. The van der Waals surface area contributed by atoms with Gasteiger partial charge < -0.3 is 0 Å². The number of H-pyrrole nitrogens is 1. The molecule has 1 aliphatic carbocycles. The number of nitrogens with zero attached hydrogens (tertiary/aromatic N) is 5. The van der Waals surface area contributed by atoms with Gasteiger partial charge in [0.15, 0.2) is 16.6 Å². The average molecular weight is 341 g/mol. The molecule has 1 fully saturated rings. The maximum atomic E-state index is 6.09. The highest BCUT2D eigenvalue weighted by Crippen LogP contribution is 2.38. The number of thioether (sulfide) groups is 1. The van der Waals surface area contributed by atoms with Gasteiger partial charge in [-0.05, 0) is 18.9 Å². The summed E-state index contributed by atoms with van der Waals surface area (Å²) in [5.74, 6) is 2.95. The molecule has 3 aromatic heterocycles. The van der Waals surface area contributed by atoms with Crippen molar-refractivity contribution in [1.82, 2.24) is 29.8 Å². The van der Waals surface area contributed by atoms with Crippen LogP contribution in [0.15, 0.2) is 17.4 Å². The number of aromatic amines is 1. The Morgan fingerprint density at radius 2 is 2.19 bits per heavy atom. The highest BCUT2D eigenvalue weighted by molar-refractivity contribution is 7.98. The molecule has 1 saturated carbocycles. The molecule has 0 amide bonds. The minimum atomic E-state index is 0.484. The lowest BCUT2D eigenvalue weighted by Crippen LogP contribution is -1.90. The van der Waals surface area contributed by atoms with Gasteiger partial charge in [-0.15, -0.1) is 10.2 Å². The number of nitrogens with one attached hydrogen (secondary N) is 1. The van der Waals surface area contributed by atoms with Gasteiger partial charge in [-0.2, -0.15) is 5.10 Å². The van der Waals surface area contributed by atoms with E-state index in [1.807, 2.05) is 0 Å². The quantitative estimate of drug-likeness (QED) is 0.737. The number of pyridine rings is 1. The molecule has 6 nitrogen and oxygen atoms in total. The van der Waals surface area contributed by atoms with Gasteiger partial charge in [-0.3, -0.25) is 9.50 Å². The first kappa shape index (κ1) is 13.4. The summed E-state index contributed by atoms with van der Waals surface area (Å²) in [5.41, 5.74) is 0.597. The van der Waals surface area contributed by atoms with E-state index in [2.05, 4.69) is 25.4 Å². The van der Waals surface area contributed by atoms with Gasteiger partial charge in [-0.1, -0.05) is 35.0 Å². The fraction of sp³-hybridized carbons (Fsp3) is 0.333. The van der Waals surface area contributed by atoms with Crippen LogP contribution >= 0.6 is 35.0 Å². The normalized spacial score (nSPS) is 15.0. The molecule has 9 heteroatoms. The van der Waals surface area contributed by atoms with Gasteiger partial charge in [0.05, 0.1) is 15.8 Å². The van der Waals surface area contributed by atoms with Crippen molar-refractivity contribution in [2.45, 2.75) is 29.7 Å². The highest BCUT2D eigenvalue weighted by atomic mass is 35.5. The second-order valence-corrected chi connectivity index (χ2v) is 6.67. The molecule has 3 heterocycles. The molecule has 0 radical (unpaired) electrons. The Kier molecular flexibility index (Phi) is 3.28. The molecule has 1 aliphatic rings. The van der Waals surface area contributed by atoms with Crippen molar-refractivity contribution in [2.24, 2.45) is 0 Å². The summed E-state index contributed by atoms with van der Waals surface area (Å²) < 4.78 is 1.79. The molecule has 3 aromatic rings. The van der Waals surface area contributed by atoms with Crippen LogP contribution in [0.1, 0.15) is 30.4 Å². The summed E-state index contributed by atoms with van der Waals surface area (Å²) in [4.78, 5) is 4.49. The summed E-state index contributed by atoms with van der Waals surface area (Å²) in [7, 11) is 0. The number of aromatic nitrogens is 6. The Hall–Kier alpha value is -1.31. The van der Waals surface area contributed by atoms with Gasteiger partial charge in [0.25, 0.3) is 0 Å². The maximum absolute atomic E-state index is 6.09. The molecule has 0 unspecified atom stereocenters. The molecule has 4 rings (SSSR count). The minimum Gasteiger partial charge on any atom is -0.275 e. The summed E-state index contributed by atoms with van der Waals surface area (Å²) in [6, 6.07) is 1.65. The third kappa shape index (κ3) is 2.61. The lowest BCUT2D eigenvalue weighted by molar-refractivity contribution is 0.917. The predicted octanol–water partition coefficient (Wildman–Crippen LogP) is 3.32. The fourth-order valence-electron chi connectivity index (χ4n) is 2.03. The van der Waals surface area contributed by atoms with Crippen molar-refractivity contribution in [1.29, 1.82) is 0 Å². The van der Waals surface area contributed by atoms with Crippen LogP contribution in [-0.2, 0) is 5.75 Å². The Labute approximate surface area is 134 Å². The summed E-state index contributed by atoms with van der Waals surface area (Å²) in [6.45, 7) is 0. The van der Waals surface area contributed by atoms with E-state index in [4.69, 9.17) is 23.2 Å². The molecule has 0 aliphatic heterocycles. The molecule has 0 saturated heterocycles. The van der Waals surface area contributed by atoms with Gasteiger partial charge in [-0.25, -0.2) is 4.98 Å². The zero-order valence-electron chi connectivity index (χ0n) is 10.8. The van der Waals surface area contributed by atoms with Crippen molar-refractivity contribution >= 4 is 40.6 Å². The second kappa shape index (κ2) is 5.15. The number of hydrogen-bond donors (Lipinski definition) is 1. The molecule has 0 aromatic carbocycles. The van der Waals surface area contributed by atoms with Crippen LogP contribution in [0.4, 0.5) is 0 Å². The molecular formula is C12H10Cl2N6S. The van der Waals surface area contributed by atoms with E-state index in [9.17, 15) is 0 Å². The predicted molar refractivity (Wildman–Crippen MR) is 80.9 cm³/mol. The first-order chi connectivity index (χ1) is 10.2. The zero-order valence-corrected chi connectivity index (χ0v) is 13.1. The van der Waals surface area contributed by atoms with Gasteiger partial charge in [0.2, 0.25) is 0 Å². The smallest absolute Gasteiger partial charge is 0.196 e. The van der Waals surface area contributed by atoms with Crippen LogP contribution in [0.3, 0.4) is 0 Å². The van der Waals surface area contributed by atoms with Crippen LogP contribution < -0.4 is 0 Å². The molecular weight excluding hydrogens is 331 g/mol. The lowest BCUT2D eigenvalue weighted by Gasteiger charge is -2.00. The Morgan fingerprint density at radius 1 is 1.33 bits per heavy atom. The molecule has 108 valence electrons. The first-order valence-corrected chi connectivity index (χ1v) is 8.18. The van der Waals surface area contributed by atoms with Crippen LogP contribution in [-0.4, -0.2) is 29.8 Å². The summed E-state index contributed by atoms with van der Waals surface area (Å²) in [5, 5.41) is 17.2. The molecule has 1 N–H and O–H groups in total. The minimum absolute atomic E-state index is 0.484. The van der Waals surface area contributed by atoms with E-state index in [-0.39, 0.29) is 0 Å². The van der Waals surface area contributed by atoms with Crippen molar-refractivity contribution in [3.8, 4) is 0 Å². The third-order valence-corrected chi connectivity index (χ3v) is 4.66. The zero-order chi connectivity index (χ0) is 14.4. The highest BCUT2D eigenvalue weighted by Gasteiger charge is 2.27.